The van der Waals surface area contributed by atoms with Crippen LogP contribution in [-0.2, 0) is 14.4 Å². The fraction of sp³-hybridized carbons (Fsp3) is 0.400. The second-order valence-electron chi connectivity index (χ2n) is 5.65. The molecule has 1 atom stereocenters. The molecule has 2 rings (SSSR count). The smallest absolute Gasteiger partial charge is 0.255 e. The van der Waals surface area contributed by atoms with E-state index in [1.54, 1.807) is 12.2 Å². The summed E-state index contributed by atoms with van der Waals surface area (Å²) in [5, 5.41) is 2.29. The van der Waals surface area contributed by atoms with Gasteiger partial charge in [-0.05, 0) is 12.0 Å². The van der Waals surface area contributed by atoms with Crippen LogP contribution in [0.2, 0.25) is 13.6 Å². The van der Waals surface area contributed by atoms with Crippen molar-refractivity contribution in [3.8, 4) is 0 Å². The zero-order valence-corrected chi connectivity index (χ0v) is 12.4. The van der Waals surface area contributed by atoms with Gasteiger partial charge in [-0.25, -0.2) is 0 Å². The summed E-state index contributed by atoms with van der Waals surface area (Å²) >= 11 is 0. The third kappa shape index (κ3) is 3.15. The molecule has 5 nitrogen and oxygen atoms in total. The van der Waals surface area contributed by atoms with Crippen LogP contribution in [0.4, 0.5) is 0 Å². The monoisotopic (exact) mass is 286 g/mol. The van der Waals surface area contributed by atoms with Gasteiger partial charge in [0.25, 0.3) is 5.91 Å². The zero-order chi connectivity index (χ0) is 15.6. The molecule has 2 aliphatic rings. The van der Waals surface area contributed by atoms with E-state index >= 15 is 0 Å². The van der Waals surface area contributed by atoms with Crippen LogP contribution in [-0.4, -0.2) is 41.9 Å². The molecule has 1 unspecified atom stereocenters. The van der Waals surface area contributed by atoms with Gasteiger partial charge in [0.05, 0.1) is 0 Å². The molecule has 0 saturated carbocycles. The molecular weight excluding hydrogens is 267 g/mol. The first-order valence-corrected chi connectivity index (χ1v) is 7.12. The number of nitrogens with one attached hydrogen (secondary N) is 1. The standard InChI is InChI=1S/C15H19BN2O3/c1-4-10-9-18(12-5-6-13(19)17-14(12)20)15(21)11(10)7-8-16(2)3/h4,7-8,12H,1,5-6,9H2,2-3H3,(H,17,19,20)/b8-7-. The lowest BCUT2D eigenvalue weighted by molar-refractivity contribution is -0.142. The average Bonchev–Trinajstić information content (AvgIpc) is 2.73. The van der Waals surface area contributed by atoms with E-state index in [1.165, 1.54) is 4.90 Å². The Bertz CT molecular complexity index is 563. The van der Waals surface area contributed by atoms with E-state index in [-0.39, 0.29) is 18.2 Å². The molecule has 1 N–H and O–H groups in total. The van der Waals surface area contributed by atoms with Crippen molar-refractivity contribution in [3.63, 3.8) is 0 Å². The average molecular weight is 286 g/mol. The van der Waals surface area contributed by atoms with Crippen LogP contribution >= 0.6 is 0 Å². The van der Waals surface area contributed by atoms with Gasteiger partial charge < -0.3 is 4.90 Å². The lowest BCUT2D eigenvalue weighted by Gasteiger charge is -2.29. The molecule has 6 heteroatoms. The van der Waals surface area contributed by atoms with E-state index in [1.807, 2.05) is 19.6 Å². The highest BCUT2D eigenvalue weighted by Crippen LogP contribution is 2.26. The summed E-state index contributed by atoms with van der Waals surface area (Å²) < 4.78 is 0. The van der Waals surface area contributed by atoms with Crippen LogP contribution in [0.1, 0.15) is 12.8 Å². The largest absolute Gasteiger partial charge is 0.322 e. The first-order chi connectivity index (χ1) is 9.93. The molecule has 2 aliphatic heterocycles. The van der Waals surface area contributed by atoms with E-state index in [2.05, 4.69) is 11.9 Å². The fourth-order valence-electron chi connectivity index (χ4n) is 2.51. The van der Waals surface area contributed by atoms with Crippen molar-refractivity contribution in [2.24, 2.45) is 0 Å². The van der Waals surface area contributed by atoms with Crippen molar-refractivity contribution < 1.29 is 14.4 Å². The summed E-state index contributed by atoms with van der Waals surface area (Å²) in [7, 11) is 0. The molecule has 1 fully saturated rings. The number of nitrogens with zero attached hydrogens (tertiary/aromatic N) is 1. The number of carbonyl (C=O) groups is 3. The molecule has 21 heavy (non-hydrogen) atoms. The number of imide groups is 1. The van der Waals surface area contributed by atoms with Gasteiger partial charge in [0, 0.05) is 18.5 Å². The summed E-state index contributed by atoms with van der Waals surface area (Å²) in [5.74, 6) is 1.11. The third-order valence-corrected chi connectivity index (χ3v) is 3.66. The Kier molecular flexibility index (Phi) is 4.45. The highest BCUT2D eigenvalue weighted by Gasteiger charge is 2.38. The second-order valence-corrected chi connectivity index (χ2v) is 5.65. The Hall–Kier alpha value is -2.11. The van der Waals surface area contributed by atoms with Gasteiger partial charge in [0.15, 0.2) is 6.71 Å². The second kappa shape index (κ2) is 6.12. The first kappa shape index (κ1) is 15.3. The Morgan fingerprint density at radius 2 is 2.05 bits per heavy atom. The minimum Gasteiger partial charge on any atom is -0.322 e. The summed E-state index contributed by atoms with van der Waals surface area (Å²) in [6, 6.07) is -0.574. The van der Waals surface area contributed by atoms with E-state index in [0.29, 0.717) is 25.3 Å². The van der Waals surface area contributed by atoms with E-state index in [9.17, 15) is 14.4 Å². The van der Waals surface area contributed by atoms with Crippen LogP contribution < -0.4 is 5.32 Å². The van der Waals surface area contributed by atoms with E-state index in [4.69, 9.17) is 0 Å². The van der Waals surface area contributed by atoms with Gasteiger partial charge in [-0.1, -0.05) is 32.4 Å². The maximum absolute atomic E-state index is 12.5. The molecule has 3 amide bonds. The summed E-state index contributed by atoms with van der Waals surface area (Å²) in [4.78, 5) is 37.2. The van der Waals surface area contributed by atoms with Crippen LogP contribution in [0.3, 0.4) is 0 Å². The number of hydrogen-bond acceptors (Lipinski definition) is 3. The van der Waals surface area contributed by atoms with Crippen molar-refractivity contribution in [2.45, 2.75) is 32.5 Å². The minimum absolute atomic E-state index is 0.170. The molecule has 0 spiro atoms. The molecule has 0 bridgehead atoms. The summed E-state index contributed by atoms with van der Waals surface area (Å²) in [6.45, 7) is 8.50. The first-order valence-electron chi connectivity index (χ1n) is 7.12. The molecule has 110 valence electrons. The number of amides is 3. The Labute approximate surface area is 124 Å². The maximum atomic E-state index is 12.5. The van der Waals surface area contributed by atoms with Crippen LogP contribution in [0, 0.1) is 0 Å². The predicted molar refractivity (Wildman–Crippen MR) is 81.7 cm³/mol. The number of piperidine rings is 1. The van der Waals surface area contributed by atoms with Gasteiger partial charge in [-0.15, -0.1) is 5.98 Å². The van der Waals surface area contributed by atoms with Crippen molar-refractivity contribution in [2.75, 3.05) is 6.54 Å². The predicted octanol–water partition coefficient (Wildman–Crippen LogP) is 0.966. The van der Waals surface area contributed by atoms with Crippen LogP contribution in [0.5, 0.6) is 0 Å². The maximum Gasteiger partial charge on any atom is 0.255 e. The van der Waals surface area contributed by atoms with Gasteiger partial charge >= 0.3 is 0 Å². The molecule has 0 aromatic heterocycles. The van der Waals surface area contributed by atoms with E-state index in [0.717, 1.165) is 5.57 Å². The summed E-state index contributed by atoms with van der Waals surface area (Å²) in [5.41, 5.74) is 1.41. The Morgan fingerprint density at radius 3 is 2.62 bits per heavy atom. The minimum atomic E-state index is -0.574. The van der Waals surface area contributed by atoms with Crippen LogP contribution in [0.15, 0.2) is 35.9 Å². The van der Waals surface area contributed by atoms with Crippen molar-refractivity contribution in [1.82, 2.24) is 10.2 Å². The number of rotatable bonds is 4. The zero-order valence-electron chi connectivity index (χ0n) is 12.4. The third-order valence-electron chi connectivity index (χ3n) is 3.66. The van der Waals surface area contributed by atoms with Crippen molar-refractivity contribution >= 4 is 24.4 Å². The highest BCUT2D eigenvalue weighted by molar-refractivity contribution is 6.61. The normalized spacial score (nSPS) is 23.0. The summed E-state index contributed by atoms with van der Waals surface area (Å²) in [6.07, 6.45) is 4.10. The molecule has 0 aromatic rings. The Balaban J connectivity index is 2.20. The fourth-order valence-corrected chi connectivity index (χ4v) is 2.51. The van der Waals surface area contributed by atoms with Crippen LogP contribution in [0.25, 0.3) is 0 Å². The molecule has 0 radical (unpaired) electrons. The molecule has 0 aromatic carbocycles. The van der Waals surface area contributed by atoms with Gasteiger partial charge in [0.2, 0.25) is 11.8 Å². The lowest BCUT2D eigenvalue weighted by Crippen LogP contribution is -2.53. The topological polar surface area (TPSA) is 66.5 Å². The molecule has 1 saturated heterocycles. The van der Waals surface area contributed by atoms with Gasteiger partial charge in [0.1, 0.15) is 6.04 Å². The number of hydrogen-bond donors (Lipinski definition) is 1. The lowest BCUT2D eigenvalue weighted by atomic mass is 9.55. The molecular formula is C15H19BN2O3. The molecule has 2 heterocycles. The molecule has 0 aliphatic carbocycles. The Morgan fingerprint density at radius 1 is 1.33 bits per heavy atom. The van der Waals surface area contributed by atoms with Crippen molar-refractivity contribution in [1.29, 1.82) is 0 Å². The quantitative estimate of drug-likeness (QED) is 0.618. The highest BCUT2D eigenvalue weighted by atomic mass is 16.2. The van der Waals surface area contributed by atoms with Gasteiger partial charge in [-0.2, -0.15) is 0 Å². The van der Waals surface area contributed by atoms with Crippen molar-refractivity contribution in [3.05, 3.63) is 35.9 Å². The van der Waals surface area contributed by atoms with E-state index < -0.39 is 11.9 Å². The van der Waals surface area contributed by atoms with Gasteiger partial charge in [-0.3, -0.25) is 19.7 Å². The number of carbonyl (C=O) groups excluding carboxylic acids is 3. The SMILES string of the molecule is C=CC1=C(/C=C\B(C)C)C(=O)N(C2CCC(=O)NC2=O)C1.